The molecule has 0 saturated carbocycles. The standard InChI is InChI=1S/C16H16Br2IN/c1-2-9-20-16(11-3-5-12(17)6-4-11)14-10-13(19)7-8-15(14)18/h3-8,10,16,20H,2,9H2,1H3. The molecule has 4 heteroatoms. The molecule has 0 radical (unpaired) electrons. The first-order valence-corrected chi connectivity index (χ1v) is 9.22. The summed E-state index contributed by atoms with van der Waals surface area (Å²) in [7, 11) is 0. The summed E-state index contributed by atoms with van der Waals surface area (Å²) in [6.45, 7) is 3.19. The zero-order valence-corrected chi connectivity index (χ0v) is 16.5. The number of nitrogens with one attached hydrogen (secondary N) is 1. The Morgan fingerprint density at radius 3 is 2.45 bits per heavy atom. The predicted molar refractivity (Wildman–Crippen MR) is 101 cm³/mol. The van der Waals surface area contributed by atoms with E-state index in [9.17, 15) is 0 Å². The Morgan fingerprint density at radius 2 is 1.80 bits per heavy atom. The highest BCUT2D eigenvalue weighted by Gasteiger charge is 2.16. The highest BCUT2D eigenvalue weighted by molar-refractivity contribution is 14.1. The van der Waals surface area contributed by atoms with Gasteiger partial charge in [0.25, 0.3) is 0 Å². The maximum atomic E-state index is 3.68. The Bertz CT molecular complexity index is 569. The number of benzene rings is 2. The summed E-state index contributed by atoms with van der Waals surface area (Å²) in [5.74, 6) is 0. The molecule has 0 aliphatic heterocycles. The predicted octanol–water partition coefficient (Wildman–Crippen LogP) is 5.91. The summed E-state index contributed by atoms with van der Waals surface area (Å²) < 4.78 is 3.51. The van der Waals surface area contributed by atoms with Crippen molar-refractivity contribution in [2.24, 2.45) is 0 Å². The third kappa shape index (κ3) is 4.29. The lowest BCUT2D eigenvalue weighted by Gasteiger charge is -2.21. The van der Waals surface area contributed by atoms with Crippen molar-refractivity contribution in [1.82, 2.24) is 5.32 Å². The van der Waals surface area contributed by atoms with Gasteiger partial charge < -0.3 is 5.32 Å². The van der Waals surface area contributed by atoms with Gasteiger partial charge in [0.05, 0.1) is 6.04 Å². The quantitative estimate of drug-likeness (QED) is 0.495. The summed E-state index contributed by atoms with van der Waals surface area (Å²) in [4.78, 5) is 0. The van der Waals surface area contributed by atoms with Gasteiger partial charge in [-0.05, 0) is 77.0 Å². The van der Waals surface area contributed by atoms with Gasteiger partial charge in [-0.1, -0.05) is 50.9 Å². The van der Waals surface area contributed by atoms with Crippen LogP contribution in [0.15, 0.2) is 51.4 Å². The van der Waals surface area contributed by atoms with E-state index < -0.39 is 0 Å². The minimum atomic E-state index is 0.215. The molecular formula is C16H16Br2IN. The van der Waals surface area contributed by atoms with Crippen molar-refractivity contribution in [3.8, 4) is 0 Å². The first kappa shape index (κ1) is 16.5. The van der Waals surface area contributed by atoms with Crippen molar-refractivity contribution in [1.29, 1.82) is 0 Å². The molecule has 1 N–H and O–H groups in total. The normalized spacial score (nSPS) is 12.4. The molecule has 20 heavy (non-hydrogen) atoms. The summed E-state index contributed by atoms with van der Waals surface area (Å²) >= 11 is 9.54. The van der Waals surface area contributed by atoms with E-state index in [0.29, 0.717) is 0 Å². The van der Waals surface area contributed by atoms with Gasteiger partial charge in [-0.15, -0.1) is 0 Å². The zero-order chi connectivity index (χ0) is 14.5. The van der Waals surface area contributed by atoms with Crippen molar-refractivity contribution in [3.63, 3.8) is 0 Å². The fourth-order valence-electron chi connectivity index (χ4n) is 2.09. The smallest absolute Gasteiger partial charge is 0.0588 e. The molecule has 0 bridgehead atoms. The van der Waals surface area contributed by atoms with Crippen LogP contribution in [0.4, 0.5) is 0 Å². The third-order valence-corrected chi connectivity index (χ3v) is 4.99. The van der Waals surface area contributed by atoms with Crippen molar-refractivity contribution >= 4 is 54.5 Å². The van der Waals surface area contributed by atoms with Crippen LogP contribution in [0.3, 0.4) is 0 Å². The molecule has 1 unspecified atom stereocenters. The molecular weight excluding hydrogens is 493 g/mol. The average molecular weight is 509 g/mol. The van der Waals surface area contributed by atoms with Gasteiger partial charge in [0.2, 0.25) is 0 Å². The van der Waals surface area contributed by atoms with E-state index in [0.717, 1.165) is 21.9 Å². The summed E-state index contributed by atoms with van der Waals surface area (Å²) in [6.07, 6.45) is 1.12. The van der Waals surface area contributed by atoms with Gasteiger partial charge in [-0.25, -0.2) is 0 Å². The number of halogens is 3. The largest absolute Gasteiger partial charge is 0.306 e. The molecule has 2 rings (SSSR count). The first-order chi connectivity index (χ1) is 9.61. The van der Waals surface area contributed by atoms with Crippen LogP contribution in [0.25, 0.3) is 0 Å². The van der Waals surface area contributed by atoms with E-state index >= 15 is 0 Å². The van der Waals surface area contributed by atoms with Crippen LogP contribution in [0.5, 0.6) is 0 Å². The monoisotopic (exact) mass is 507 g/mol. The number of hydrogen-bond donors (Lipinski definition) is 1. The van der Waals surface area contributed by atoms with Crippen LogP contribution in [0, 0.1) is 3.57 Å². The van der Waals surface area contributed by atoms with E-state index in [4.69, 9.17) is 0 Å². The molecule has 0 aliphatic carbocycles. The third-order valence-electron chi connectivity index (χ3n) is 3.07. The SMILES string of the molecule is CCCNC(c1ccc(Br)cc1)c1cc(I)ccc1Br. The van der Waals surface area contributed by atoms with Gasteiger partial charge >= 0.3 is 0 Å². The van der Waals surface area contributed by atoms with Gasteiger partial charge in [-0.2, -0.15) is 0 Å². The summed E-state index contributed by atoms with van der Waals surface area (Å²) in [5, 5.41) is 3.64. The van der Waals surface area contributed by atoms with Gasteiger partial charge in [-0.3, -0.25) is 0 Å². The van der Waals surface area contributed by atoms with Crippen LogP contribution in [-0.4, -0.2) is 6.54 Å². The van der Waals surface area contributed by atoms with Crippen molar-refractivity contribution in [2.45, 2.75) is 19.4 Å². The minimum absolute atomic E-state index is 0.215. The lowest BCUT2D eigenvalue weighted by atomic mass is 9.98. The molecule has 2 aromatic rings. The van der Waals surface area contributed by atoms with E-state index in [1.165, 1.54) is 14.7 Å². The Kier molecular flexibility index (Phi) is 6.52. The maximum Gasteiger partial charge on any atom is 0.0588 e. The van der Waals surface area contributed by atoms with Crippen LogP contribution < -0.4 is 5.32 Å². The fraction of sp³-hybridized carbons (Fsp3) is 0.250. The minimum Gasteiger partial charge on any atom is -0.306 e. The van der Waals surface area contributed by atoms with Gasteiger partial charge in [0.15, 0.2) is 0 Å². The Hall–Kier alpha value is 0.0900. The van der Waals surface area contributed by atoms with Crippen LogP contribution in [0.2, 0.25) is 0 Å². The lowest BCUT2D eigenvalue weighted by molar-refractivity contribution is 0.596. The van der Waals surface area contributed by atoms with Crippen molar-refractivity contribution in [2.75, 3.05) is 6.54 Å². The maximum absolute atomic E-state index is 3.68. The van der Waals surface area contributed by atoms with Crippen LogP contribution in [0.1, 0.15) is 30.5 Å². The number of rotatable bonds is 5. The van der Waals surface area contributed by atoms with Crippen molar-refractivity contribution in [3.05, 3.63) is 66.1 Å². The second-order valence-corrected chi connectivity index (χ2v) is 7.62. The first-order valence-electron chi connectivity index (χ1n) is 6.55. The van der Waals surface area contributed by atoms with Gasteiger partial charge in [0.1, 0.15) is 0 Å². The molecule has 1 nitrogen and oxygen atoms in total. The molecule has 106 valence electrons. The second-order valence-electron chi connectivity index (χ2n) is 4.60. The van der Waals surface area contributed by atoms with Crippen molar-refractivity contribution < 1.29 is 0 Å². The highest BCUT2D eigenvalue weighted by Crippen LogP contribution is 2.30. The molecule has 0 aromatic heterocycles. The van der Waals surface area contributed by atoms with Crippen LogP contribution in [-0.2, 0) is 0 Å². The Balaban J connectivity index is 2.41. The Morgan fingerprint density at radius 1 is 1.10 bits per heavy atom. The van der Waals surface area contributed by atoms with E-state index in [1.807, 2.05) is 0 Å². The van der Waals surface area contributed by atoms with Gasteiger partial charge in [0, 0.05) is 12.5 Å². The fourth-order valence-corrected chi connectivity index (χ4v) is 3.34. The number of hydrogen-bond acceptors (Lipinski definition) is 1. The Labute approximate surface area is 150 Å². The molecule has 2 aromatic carbocycles. The molecule has 0 fully saturated rings. The topological polar surface area (TPSA) is 12.0 Å². The van der Waals surface area contributed by atoms with Crippen LogP contribution >= 0.6 is 54.5 Å². The second kappa shape index (κ2) is 7.92. The molecule has 0 aliphatic rings. The summed E-state index contributed by atoms with van der Waals surface area (Å²) in [5.41, 5.74) is 2.57. The molecule has 1 atom stereocenters. The molecule has 0 heterocycles. The van der Waals surface area contributed by atoms with E-state index in [2.05, 4.69) is 109 Å². The summed E-state index contributed by atoms with van der Waals surface area (Å²) in [6, 6.07) is 15.2. The molecule has 0 amide bonds. The lowest BCUT2D eigenvalue weighted by Crippen LogP contribution is -2.23. The molecule has 0 saturated heterocycles. The zero-order valence-electron chi connectivity index (χ0n) is 11.2. The van der Waals surface area contributed by atoms with E-state index in [-0.39, 0.29) is 6.04 Å². The average Bonchev–Trinajstić information content (AvgIpc) is 2.44. The molecule has 0 spiro atoms. The highest BCUT2D eigenvalue weighted by atomic mass is 127. The van der Waals surface area contributed by atoms with E-state index in [1.54, 1.807) is 0 Å².